The summed E-state index contributed by atoms with van der Waals surface area (Å²) in [5.41, 5.74) is 1.93. The number of alkyl halides is 1. The fraction of sp³-hybridized carbons (Fsp3) is 0.125. The molecule has 0 radical (unpaired) electrons. The number of benzene rings is 2. The predicted octanol–water partition coefficient (Wildman–Crippen LogP) is 4.77. The summed E-state index contributed by atoms with van der Waals surface area (Å²) in [6.45, 7) is 0.480. The third-order valence-corrected chi connectivity index (χ3v) is 2.99. The summed E-state index contributed by atoms with van der Waals surface area (Å²) < 4.78 is 32.1. The highest BCUT2D eigenvalue weighted by atomic mass is 79.9. The van der Waals surface area contributed by atoms with Crippen LogP contribution in [-0.4, -0.2) is 11.9 Å². The van der Waals surface area contributed by atoms with E-state index in [-0.39, 0.29) is 11.6 Å². The number of hydrogen-bond donors (Lipinski definition) is 0. The van der Waals surface area contributed by atoms with Gasteiger partial charge in [-0.1, -0.05) is 40.2 Å². The van der Waals surface area contributed by atoms with Crippen molar-refractivity contribution in [3.63, 3.8) is 0 Å². The smallest absolute Gasteiger partial charge is 0.123 e. The summed E-state index contributed by atoms with van der Waals surface area (Å²) in [5.74, 6) is -0.685. The first-order chi connectivity index (χ1) is 9.70. The average molecular weight is 339 g/mol. The van der Waals surface area contributed by atoms with Crippen LogP contribution in [0.1, 0.15) is 11.1 Å². The Labute approximate surface area is 125 Å². The molecule has 0 saturated heterocycles. The van der Waals surface area contributed by atoms with E-state index in [0.29, 0.717) is 28.6 Å². The molecular formula is C16H13BrF2O. The van der Waals surface area contributed by atoms with Crippen molar-refractivity contribution in [2.75, 3.05) is 11.9 Å². The van der Waals surface area contributed by atoms with Gasteiger partial charge >= 0.3 is 0 Å². The van der Waals surface area contributed by atoms with Crippen LogP contribution in [0.4, 0.5) is 8.78 Å². The molecule has 104 valence electrons. The molecule has 0 aliphatic rings. The Hall–Kier alpha value is -1.68. The Morgan fingerprint density at radius 3 is 2.00 bits per heavy atom. The third kappa shape index (κ3) is 3.90. The van der Waals surface area contributed by atoms with Gasteiger partial charge in [0.15, 0.2) is 0 Å². The Morgan fingerprint density at radius 2 is 1.55 bits per heavy atom. The molecular weight excluding hydrogens is 326 g/mol. The lowest BCUT2D eigenvalue weighted by Gasteiger charge is -2.09. The van der Waals surface area contributed by atoms with Crippen LogP contribution in [-0.2, 0) is 4.74 Å². The molecule has 2 aromatic rings. The minimum atomic E-state index is -0.342. The second kappa shape index (κ2) is 7.20. The van der Waals surface area contributed by atoms with Gasteiger partial charge in [0.2, 0.25) is 0 Å². The summed E-state index contributed by atoms with van der Waals surface area (Å²) in [6, 6.07) is 12.3. The van der Waals surface area contributed by atoms with E-state index in [9.17, 15) is 8.78 Å². The van der Waals surface area contributed by atoms with Gasteiger partial charge in [-0.2, -0.15) is 0 Å². The monoisotopic (exact) mass is 338 g/mol. The fourth-order valence-electron chi connectivity index (χ4n) is 1.80. The Kier molecular flexibility index (Phi) is 5.30. The topological polar surface area (TPSA) is 9.23 Å². The van der Waals surface area contributed by atoms with Gasteiger partial charge in [0.1, 0.15) is 11.6 Å². The quantitative estimate of drug-likeness (QED) is 0.433. The van der Waals surface area contributed by atoms with Gasteiger partial charge in [-0.15, -0.1) is 0 Å². The lowest BCUT2D eigenvalue weighted by molar-refractivity contribution is 0.275. The van der Waals surface area contributed by atoms with E-state index in [0.717, 1.165) is 0 Å². The predicted molar refractivity (Wildman–Crippen MR) is 79.6 cm³/mol. The number of hydrogen-bond acceptors (Lipinski definition) is 1. The summed E-state index contributed by atoms with van der Waals surface area (Å²) in [7, 11) is 0. The zero-order valence-corrected chi connectivity index (χ0v) is 12.2. The number of halogens is 3. The highest BCUT2D eigenvalue weighted by Gasteiger charge is 2.08. The first-order valence-electron chi connectivity index (χ1n) is 6.10. The minimum Gasteiger partial charge on any atom is -0.500 e. The Balaban J connectivity index is 2.42. The van der Waals surface area contributed by atoms with Crippen LogP contribution in [0.5, 0.6) is 0 Å². The minimum absolute atomic E-state index is 0.342. The highest BCUT2D eigenvalue weighted by molar-refractivity contribution is 9.09. The molecule has 0 saturated carbocycles. The zero-order chi connectivity index (χ0) is 14.4. The number of ether oxygens (including phenoxy) is 1. The molecule has 0 aliphatic carbocycles. The van der Waals surface area contributed by atoms with Crippen LogP contribution in [0.15, 0.2) is 54.8 Å². The molecule has 0 N–H and O–H groups in total. The molecule has 0 unspecified atom stereocenters. The van der Waals surface area contributed by atoms with Crippen molar-refractivity contribution < 1.29 is 13.5 Å². The molecule has 0 aliphatic heterocycles. The first kappa shape index (κ1) is 14.7. The SMILES string of the molecule is Fc1cccc(C(=COCCBr)c2cccc(F)c2)c1. The lowest BCUT2D eigenvalue weighted by Crippen LogP contribution is -1.94. The van der Waals surface area contributed by atoms with Crippen molar-refractivity contribution in [3.8, 4) is 0 Å². The summed E-state index contributed by atoms with van der Waals surface area (Å²) in [6.07, 6.45) is 1.53. The maximum Gasteiger partial charge on any atom is 0.123 e. The van der Waals surface area contributed by atoms with Crippen molar-refractivity contribution in [1.82, 2.24) is 0 Å². The molecule has 0 heterocycles. The molecule has 0 bridgehead atoms. The standard InChI is InChI=1S/C16H13BrF2O/c17-7-8-20-11-16(12-3-1-5-14(18)9-12)13-4-2-6-15(19)10-13/h1-6,9-11H,7-8H2. The molecule has 0 amide bonds. The van der Waals surface area contributed by atoms with E-state index < -0.39 is 0 Å². The van der Waals surface area contributed by atoms with Crippen molar-refractivity contribution in [2.24, 2.45) is 0 Å². The summed E-state index contributed by atoms with van der Waals surface area (Å²) in [5, 5.41) is 0.684. The van der Waals surface area contributed by atoms with Gasteiger partial charge in [-0.05, 0) is 35.4 Å². The summed E-state index contributed by atoms with van der Waals surface area (Å²) >= 11 is 3.26. The van der Waals surface area contributed by atoms with Crippen LogP contribution in [0.2, 0.25) is 0 Å². The normalized spacial score (nSPS) is 10.2. The van der Waals surface area contributed by atoms with Gasteiger partial charge in [-0.25, -0.2) is 8.78 Å². The lowest BCUT2D eigenvalue weighted by atomic mass is 9.99. The van der Waals surface area contributed by atoms with Gasteiger partial charge in [0.25, 0.3) is 0 Å². The van der Waals surface area contributed by atoms with Crippen molar-refractivity contribution in [3.05, 3.63) is 77.6 Å². The molecule has 0 atom stereocenters. The van der Waals surface area contributed by atoms with Crippen LogP contribution in [0.3, 0.4) is 0 Å². The molecule has 2 rings (SSSR count). The van der Waals surface area contributed by atoms with Gasteiger partial charge in [0, 0.05) is 10.9 Å². The largest absolute Gasteiger partial charge is 0.500 e. The molecule has 0 fully saturated rings. The maximum absolute atomic E-state index is 13.4. The van der Waals surface area contributed by atoms with Crippen LogP contribution >= 0.6 is 15.9 Å². The molecule has 4 heteroatoms. The average Bonchev–Trinajstić information content (AvgIpc) is 2.43. The highest BCUT2D eigenvalue weighted by Crippen LogP contribution is 2.24. The van der Waals surface area contributed by atoms with Gasteiger partial charge in [-0.3, -0.25) is 0 Å². The van der Waals surface area contributed by atoms with E-state index in [1.54, 1.807) is 24.3 Å². The fourth-order valence-corrected chi connectivity index (χ4v) is 1.99. The van der Waals surface area contributed by atoms with Crippen molar-refractivity contribution in [2.45, 2.75) is 0 Å². The zero-order valence-electron chi connectivity index (χ0n) is 10.7. The molecule has 0 spiro atoms. The second-order valence-corrected chi connectivity index (χ2v) is 4.90. The number of rotatable bonds is 5. The Morgan fingerprint density at radius 1 is 1.00 bits per heavy atom. The molecule has 0 aromatic heterocycles. The van der Waals surface area contributed by atoms with Crippen LogP contribution < -0.4 is 0 Å². The van der Waals surface area contributed by atoms with Crippen molar-refractivity contribution in [1.29, 1.82) is 0 Å². The maximum atomic E-state index is 13.4. The van der Waals surface area contributed by atoms with E-state index in [1.807, 2.05) is 0 Å². The van der Waals surface area contributed by atoms with Crippen LogP contribution in [0, 0.1) is 11.6 Å². The summed E-state index contributed by atoms with van der Waals surface area (Å²) in [4.78, 5) is 0. The third-order valence-electron chi connectivity index (χ3n) is 2.67. The van der Waals surface area contributed by atoms with Crippen LogP contribution in [0.25, 0.3) is 5.57 Å². The molecule has 2 aromatic carbocycles. The molecule has 20 heavy (non-hydrogen) atoms. The van der Waals surface area contributed by atoms with Gasteiger partial charge in [0.05, 0.1) is 12.9 Å². The first-order valence-corrected chi connectivity index (χ1v) is 7.22. The van der Waals surface area contributed by atoms with E-state index in [2.05, 4.69) is 15.9 Å². The van der Waals surface area contributed by atoms with E-state index in [1.165, 1.54) is 30.5 Å². The second-order valence-electron chi connectivity index (χ2n) is 4.11. The van der Waals surface area contributed by atoms with E-state index in [4.69, 9.17) is 4.74 Å². The van der Waals surface area contributed by atoms with Gasteiger partial charge < -0.3 is 4.74 Å². The van der Waals surface area contributed by atoms with E-state index >= 15 is 0 Å². The van der Waals surface area contributed by atoms with Crippen molar-refractivity contribution >= 4 is 21.5 Å². The Bertz CT molecular complexity index is 563. The molecule has 1 nitrogen and oxygen atoms in total.